The molecule has 4 rings (SSSR count). The summed E-state index contributed by atoms with van der Waals surface area (Å²) in [4.78, 5) is 16.9. The van der Waals surface area contributed by atoms with Gasteiger partial charge in [-0.05, 0) is 78.1 Å². The highest BCUT2D eigenvalue weighted by atomic mass is 35.5. The molecule has 0 aliphatic rings. The fourth-order valence-electron chi connectivity index (χ4n) is 3.29. The second-order valence-corrected chi connectivity index (χ2v) is 8.46. The lowest BCUT2D eigenvalue weighted by atomic mass is 9.98. The summed E-state index contributed by atoms with van der Waals surface area (Å²) in [5.74, 6) is 0.770. The van der Waals surface area contributed by atoms with Crippen molar-refractivity contribution in [2.24, 2.45) is 0 Å². The number of anilines is 1. The zero-order valence-electron chi connectivity index (χ0n) is 17.7. The molecule has 1 atom stereocenters. The molecule has 0 saturated carbocycles. The largest absolute Gasteiger partial charge is 0.436 e. The number of benzene rings is 3. The van der Waals surface area contributed by atoms with Gasteiger partial charge >= 0.3 is 0 Å². The van der Waals surface area contributed by atoms with E-state index in [9.17, 15) is 4.79 Å². The highest BCUT2D eigenvalue weighted by molar-refractivity contribution is 6.35. The molecule has 3 aromatic carbocycles. The van der Waals surface area contributed by atoms with Gasteiger partial charge in [0.15, 0.2) is 5.58 Å². The van der Waals surface area contributed by atoms with E-state index in [1.54, 1.807) is 24.3 Å². The highest BCUT2D eigenvalue weighted by Gasteiger charge is 2.11. The van der Waals surface area contributed by atoms with E-state index >= 15 is 0 Å². The third-order valence-electron chi connectivity index (χ3n) is 5.37. The molecule has 0 fully saturated rings. The van der Waals surface area contributed by atoms with Crippen LogP contribution < -0.4 is 5.32 Å². The molecule has 4 nitrogen and oxygen atoms in total. The van der Waals surface area contributed by atoms with Crippen LogP contribution >= 0.6 is 23.2 Å². The van der Waals surface area contributed by atoms with E-state index in [0.717, 1.165) is 23.1 Å². The Morgan fingerprint density at radius 2 is 1.88 bits per heavy atom. The summed E-state index contributed by atoms with van der Waals surface area (Å²) in [6.07, 6.45) is 4.15. The highest BCUT2D eigenvalue weighted by Crippen LogP contribution is 2.28. The Kier molecular flexibility index (Phi) is 6.63. The number of halogens is 2. The van der Waals surface area contributed by atoms with Gasteiger partial charge in [0.25, 0.3) is 0 Å². The SMILES string of the molecule is CC[C@@H](C)c1ccc2oc(-c3ccc(NC(=O)/C=C/c4ccc(Cl)cc4Cl)cc3)nc2c1. The summed E-state index contributed by atoms with van der Waals surface area (Å²) in [7, 11) is 0. The first-order valence-electron chi connectivity index (χ1n) is 10.4. The Morgan fingerprint density at radius 1 is 1.09 bits per heavy atom. The third kappa shape index (κ3) is 5.04. The maximum atomic E-state index is 12.3. The predicted molar refractivity (Wildman–Crippen MR) is 132 cm³/mol. The normalized spacial score (nSPS) is 12.4. The number of carbonyl (C=O) groups excluding carboxylic acids is 1. The molecule has 1 N–H and O–H groups in total. The van der Waals surface area contributed by atoms with Crippen LogP contribution in [0.15, 0.2) is 71.2 Å². The van der Waals surface area contributed by atoms with Crippen molar-refractivity contribution in [2.75, 3.05) is 5.32 Å². The number of nitrogens with zero attached hydrogens (tertiary/aromatic N) is 1. The number of hydrogen-bond acceptors (Lipinski definition) is 3. The summed E-state index contributed by atoms with van der Waals surface area (Å²) >= 11 is 12.0. The number of hydrogen-bond donors (Lipinski definition) is 1. The summed E-state index contributed by atoms with van der Waals surface area (Å²) in [6.45, 7) is 4.38. The van der Waals surface area contributed by atoms with E-state index in [2.05, 4.69) is 36.3 Å². The number of oxazole rings is 1. The predicted octanol–water partition coefficient (Wildman–Crippen LogP) is 7.97. The molecule has 0 unspecified atom stereocenters. The molecule has 0 aliphatic carbocycles. The average Bonchev–Trinajstić information content (AvgIpc) is 3.22. The molecule has 1 aromatic heterocycles. The molecule has 0 radical (unpaired) electrons. The van der Waals surface area contributed by atoms with Gasteiger partial charge in [-0.2, -0.15) is 0 Å². The molecule has 0 bridgehead atoms. The van der Waals surface area contributed by atoms with Crippen molar-refractivity contribution >= 4 is 52.0 Å². The van der Waals surface area contributed by atoms with Gasteiger partial charge in [0, 0.05) is 27.4 Å². The average molecular weight is 465 g/mol. The number of aromatic nitrogens is 1. The van der Waals surface area contributed by atoms with E-state index in [0.29, 0.717) is 33.1 Å². The molecule has 1 heterocycles. The van der Waals surface area contributed by atoms with E-state index < -0.39 is 0 Å². The standard InChI is InChI=1S/C26H22Cl2N2O2/c1-3-16(2)19-7-12-24-23(14-19)30-26(32-24)18-5-10-21(11-6-18)29-25(31)13-8-17-4-9-20(27)15-22(17)28/h4-16H,3H2,1-2H3,(H,29,31)/b13-8+/t16-/m1/s1. The third-order valence-corrected chi connectivity index (χ3v) is 5.93. The van der Waals surface area contributed by atoms with Crippen molar-refractivity contribution in [3.63, 3.8) is 0 Å². The van der Waals surface area contributed by atoms with Crippen LogP contribution in [0.2, 0.25) is 10.0 Å². The van der Waals surface area contributed by atoms with Crippen molar-refractivity contribution < 1.29 is 9.21 Å². The Morgan fingerprint density at radius 3 is 2.59 bits per heavy atom. The minimum Gasteiger partial charge on any atom is -0.436 e. The summed E-state index contributed by atoms with van der Waals surface area (Å²) in [5, 5.41) is 3.86. The molecule has 4 aromatic rings. The van der Waals surface area contributed by atoms with Crippen molar-refractivity contribution in [1.82, 2.24) is 4.98 Å². The topological polar surface area (TPSA) is 55.1 Å². The van der Waals surface area contributed by atoms with Crippen LogP contribution in [0.1, 0.15) is 37.3 Å². The van der Waals surface area contributed by atoms with Gasteiger partial charge in [0.05, 0.1) is 0 Å². The lowest BCUT2D eigenvalue weighted by Crippen LogP contribution is -2.07. The first-order chi connectivity index (χ1) is 15.4. The number of rotatable bonds is 6. The zero-order valence-corrected chi connectivity index (χ0v) is 19.2. The van der Waals surface area contributed by atoms with Crippen molar-refractivity contribution in [1.29, 1.82) is 0 Å². The molecule has 162 valence electrons. The van der Waals surface area contributed by atoms with Gasteiger partial charge in [-0.25, -0.2) is 4.98 Å². The van der Waals surface area contributed by atoms with Crippen molar-refractivity contribution in [2.45, 2.75) is 26.2 Å². The lowest BCUT2D eigenvalue weighted by Gasteiger charge is -2.07. The fourth-order valence-corrected chi connectivity index (χ4v) is 3.76. The maximum Gasteiger partial charge on any atom is 0.248 e. The first-order valence-corrected chi connectivity index (χ1v) is 11.1. The van der Waals surface area contributed by atoms with Gasteiger partial charge in [-0.1, -0.05) is 49.2 Å². The van der Waals surface area contributed by atoms with Gasteiger partial charge in [0.1, 0.15) is 5.52 Å². The van der Waals surface area contributed by atoms with E-state index in [1.165, 1.54) is 11.6 Å². The molecule has 0 saturated heterocycles. The quantitative estimate of drug-likeness (QED) is 0.294. The van der Waals surface area contributed by atoms with Crippen LogP contribution in [0.4, 0.5) is 5.69 Å². The molecular weight excluding hydrogens is 443 g/mol. The van der Waals surface area contributed by atoms with Crippen LogP contribution in [-0.2, 0) is 4.79 Å². The van der Waals surface area contributed by atoms with Crippen LogP contribution in [0, 0.1) is 0 Å². The number of carbonyl (C=O) groups is 1. The Hall–Kier alpha value is -3.08. The monoisotopic (exact) mass is 464 g/mol. The molecular formula is C26H22Cl2N2O2. The summed E-state index contributed by atoms with van der Waals surface area (Å²) in [6, 6.07) is 18.6. The second-order valence-electron chi connectivity index (χ2n) is 7.62. The van der Waals surface area contributed by atoms with Crippen LogP contribution in [-0.4, -0.2) is 10.9 Å². The number of nitrogens with one attached hydrogen (secondary N) is 1. The van der Waals surface area contributed by atoms with E-state index in [1.807, 2.05) is 30.3 Å². The smallest absolute Gasteiger partial charge is 0.248 e. The molecule has 6 heteroatoms. The molecule has 32 heavy (non-hydrogen) atoms. The van der Waals surface area contributed by atoms with Gasteiger partial charge in [0.2, 0.25) is 11.8 Å². The molecule has 1 amide bonds. The number of fused-ring (bicyclic) bond motifs is 1. The fraction of sp³-hybridized carbons (Fsp3) is 0.154. The van der Waals surface area contributed by atoms with Crippen molar-refractivity contribution in [3.8, 4) is 11.5 Å². The van der Waals surface area contributed by atoms with Gasteiger partial charge in [-0.15, -0.1) is 0 Å². The van der Waals surface area contributed by atoms with Crippen LogP contribution in [0.5, 0.6) is 0 Å². The first kappa shape index (κ1) is 22.1. The summed E-state index contributed by atoms with van der Waals surface area (Å²) in [5.41, 5.74) is 5.09. The minimum atomic E-state index is -0.261. The van der Waals surface area contributed by atoms with Crippen molar-refractivity contribution in [3.05, 3.63) is 87.9 Å². The van der Waals surface area contributed by atoms with E-state index in [-0.39, 0.29) is 5.91 Å². The Bertz CT molecular complexity index is 1290. The van der Waals surface area contributed by atoms with Crippen LogP contribution in [0.25, 0.3) is 28.6 Å². The zero-order chi connectivity index (χ0) is 22.7. The van der Waals surface area contributed by atoms with Crippen LogP contribution in [0.3, 0.4) is 0 Å². The summed E-state index contributed by atoms with van der Waals surface area (Å²) < 4.78 is 5.92. The lowest BCUT2D eigenvalue weighted by molar-refractivity contribution is -0.111. The van der Waals surface area contributed by atoms with E-state index in [4.69, 9.17) is 27.6 Å². The number of amides is 1. The Labute approximate surface area is 196 Å². The second kappa shape index (κ2) is 9.60. The van der Waals surface area contributed by atoms with Gasteiger partial charge in [-0.3, -0.25) is 4.79 Å². The molecule has 0 spiro atoms. The molecule has 0 aliphatic heterocycles. The maximum absolute atomic E-state index is 12.3. The van der Waals surface area contributed by atoms with Gasteiger partial charge < -0.3 is 9.73 Å². The minimum absolute atomic E-state index is 0.261. The Balaban J connectivity index is 1.45.